The number of aliphatic hydroxyl groups excluding tert-OH is 11. The van der Waals surface area contributed by atoms with Crippen molar-refractivity contribution in [1.29, 1.82) is 0 Å². The van der Waals surface area contributed by atoms with Gasteiger partial charge in [0.15, 0.2) is 37.6 Å². The maximum atomic E-state index is 12.8. The molecule has 10 unspecified atom stereocenters. The fraction of sp³-hybridized carbons (Fsp3) is 0.946. The molecule has 0 aromatic carbocycles. The van der Waals surface area contributed by atoms with E-state index in [0.29, 0.717) is 6.42 Å². The van der Waals surface area contributed by atoms with Gasteiger partial charge in [0.25, 0.3) is 0 Å². The Bertz CT molecular complexity index is 1430. The molecular formula is C37H63NO24. The van der Waals surface area contributed by atoms with E-state index in [4.69, 9.17) is 52.1 Å². The Morgan fingerprint density at radius 3 is 1.55 bits per heavy atom. The molecule has 0 aliphatic carbocycles. The molecule has 0 aromatic heterocycles. The molecule has 1 amide bonds. The van der Waals surface area contributed by atoms with Gasteiger partial charge in [-0.2, -0.15) is 0 Å². The van der Waals surface area contributed by atoms with Crippen molar-refractivity contribution in [2.75, 3.05) is 19.8 Å². The maximum absolute atomic E-state index is 12.8. The van der Waals surface area contributed by atoms with E-state index < -0.39 is 179 Å². The lowest BCUT2D eigenvalue weighted by Gasteiger charge is -2.51. The summed E-state index contributed by atoms with van der Waals surface area (Å²) in [6, 6.07) is -1.65. The second-order valence-electron chi connectivity index (χ2n) is 16.1. The van der Waals surface area contributed by atoms with Crippen LogP contribution in [0.15, 0.2) is 0 Å². The monoisotopic (exact) mass is 905 g/mol. The molecule has 360 valence electrons. The number of aliphatic hydroxyl groups is 11. The zero-order chi connectivity index (χ0) is 45.9. The van der Waals surface area contributed by atoms with Gasteiger partial charge in [0.05, 0.1) is 31.5 Å². The molecule has 62 heavy (non-hydrogen) atoms. The van der Waals surface area contributed by atoms with E-state index in [9.17, 15) is 65.8 Å². The van der Waals surface area contributed by atoms with Crippen LogP contribution in [0.1, 0.15) is 48.0 Å². The average molecular weight is 906 g/mol. The molecule has 25 atom stereocenters. The molecule has 5 aliphatic heterocycles. The Hall–Kier alpha value is -1.90. The van der Waals surface area contributed by atoms with Crippen molar-refractivity contribution in [1.82, 2.24) is 5.32 Å². The first-order valence-corrected chi connectivity index (χ1v) is 20.5. The van der Waals surface area contributed by atoms with Crippen LogP contribution in [0.4, 0.5) is 0 Å². The Labute approximate surface area is 356 Å². The Balaban J connectivity index is 1.57. The molecule has 5 rings (SSSR count). The van der Waals surface area contributed by atoms with Gasteiger partial charge < -0.3 is 114 Å². The Kier molecular flexibility index (Phi) is 18.2. The maximum Gasteiger partial charge on any atom is 0.303 e. The Morgan fingerprint density at radius 2 is 0.984 bits per heavy atom. The lowest BCUT2D eigenvalue weighted by molar-refractivity contribution is -0.405. The highest BCUT2D eigenvalue weighted by Crippen LogP contribution is 2.37. The number of hydrogen-bond donors (Lipinski definition) is 12. The number of hydrogen-bond acceptors (Lipinski definition) is 24. The first-order chi connectivity index (χ1) is 29.2. The lowest BCUT2D eigenvalue weighted by Crippen LogP contribution is -2.70. The van der Waals surface area contributed by atoms with E-state index in [0.717, 1.165) is 13.8 Å². The van der Waals surface area contributed by atoms with Gasteiger partial charge >= 0.3 is 5.97 Å². The zero-order valence-electron chi connectivity index (χ0n) is 35.0. The number of amides is 1. The predicted molar refractivity (Wildman–Crippen MR) is 197 cm³/mol. The lowest BCUT2D eigenvalue weighted by atomic mass is 9.94. The van der Waals surface area contributed by atoms with Crippen LogP contribution < -0.4 is 5.32 Å². The highest BCUT2D eigenvalue weighted by Gasteiger charge is 2.58. The Morgan fingerprint density at radius 1 is 0.500 bits per heavy atom. The molecule has 5 heterocycles. The molecule has 5 aliphatic rings. The van der Waals surface area contributed by atoms with Crippen LogP contribution >= 0.6 is 0 Å². The molecule has 5 fully saturated rings. The van der Waals surface area contributed by atoms with Crippen LogP contribution in [0.5, 0.6) is 0 Å². The molecule has 25 heteroatoms. The average Bonchev–Trinajstić information content (AvgIpc) is 3.22. The van der Waals surface area contributed by atoms with Gasteiger partial charge in [-0.05, 0) is 27.2 Å². The van der Waals surface area contributed by atoms with Crippen molar-refractivity contribution in [3.63, 3.8) is 0 Å². The minimum absolute atomic E-state index is 0.113. The van der Waals surface area contributed by atoms with Crippen LogP contribution in [0, 0.1) is 0 Å². The molecule has 0 bridgehead atoms. The summed E-state index contributed by atoms with van der Waals surface area (Å²) < 4.78 is 65.1. The smallest absolute Gasteiger partial charge is 0.303 e. The summed E-state index contributed by atoms with van der Waals surface area (Å²) in [6.07, 6.45) is -39.1. The van der Waals surface area contributed by atoms with Gasteiger partial charge in [0.2, 0.25) is 5.91 Å². The van der Waals surface area contributed by atoms with Crippen molar-refractivity contribution in [2.45, 2.75) is 201 Å². The molecular weight excluding hydrogens is 842 g/mol. The van der Waals surface area contributed by atoms with Gasteiger partial charge in [-0.1, -0.05) is 6.92 Å². The number of carbonyl (C=O) groups excluding carboxylic acids is 2. The standard InChI is InChI=1S/C37H63NO24/c1-7-8-52-35-30(25(49)19(43)11(2)53-35)61-37-32(29(21(45)13(4)55-37)60-34-27(51)24(48)22(46)16(9-39)58-34)62-33-18(38-14(5)41)28(23(47)17(10-40)57-33)59-36-31(56-15(6)42)26(50)20(44)12(3)54-36/h11-13,16-37,39-40,43-51H,7-10H2,1-6H3,(H,38,41)/t11?,12?,13?,16-,17?,18-,19+,20+,21+,22-,23+,24?,25-,26-,27?,28?,29-,30?,31?,32?,33+,34-,35-,36+,37+/m1/s1. The summed E-state index contributed by atoms with van der Waals surface area (Å²) in [6.45, 7) is 6.49. The van der Waals surface area contributed by atoms with Gasteiger partial charge in [-0.3, -0.25) is 9.59 Å². The molecule has 0 aromatic rings. The molecule has 25 nitrogen and oxygen atoms in total. The molecule has 0 spiro atoms. The number of rotatable bonds is 15. The first-order valence-electron chi connectivity index (χ1n) is 20.5. The fourth-order valence-electron chi connectivity index (χ4n) is 7.87. The van der Waals surface area contributed by atoms with Crippen LogP contribution in [0.2, 0.25) is 0 Å². The van der Waals surface area contributed by atoms with E-state index in [1.807, 2.05) is 0 Å². The SMILES string of the molecule is CCCO[C@@H]1OC(C)[C@H](O)[C@@H](O)C1O[C@@H]1OC(C)[C@H](O)[C@@H](O[C@H]2O[C@H](CO)[C@@H](O)C(O)C2O)C1O[C@@H]1OC(CO)[C@H](O)C(O[C@@H]2OC(C)[C@H](O)[C@@H](O)C2OC(C)=O)[C@H]1NC(C)=O. The highest BCUT2D eigenvalue weighted by molar-refractivity contribution is 5.73. The summed E-state index contributed by atoms with van der Waals surface area (Å²) >= 11 is 0. The molecule has 0 radical (unpaired) electrons. The third-order valence-corrected chi connectivity index (χ3v) is 11.4. The van der Waals surface area contributed by atoms with Gasteiger partial charge in [-0.25, -0.2) is 0 Å². The topological polar surface area (TPSA) is 370 Å². The number of ether oxygens (including phenoxy) is 11. The van der Waals surface area contributed by atoms with E-state index in [2.05, 4.69) is 5.32 Å². The highest BCUT2D eigenvalue weighted by atomic mass is 16.8. The first kappa shape index (κ1) is 51.1. The summed E-state index contributed by atoms with van der Waals surface area (Å²) in [5, 5.41) is 122. The third-order valence-electron chi connectivity index (χ3n) is 11.4. The van der Waals surface area contributed by atoms with E-state index in [1.54, 1.807) is 6.92 Å². The minimum atomic E-state index is -2.00. The minimum Gasteiger partial charge on any atom is -0.454 e. The number of esters is 1. The predicted octanol–water partition coefficient (Wildman–Crippen LogP) is -6.69. The number of carbonyl (C=O) groups is 2. The summed E-state index contributed by atoms with van der Waals surface area (Å²) in [7, 11) is 0. The number of nitrogens with one attached hydrogen (secondary N) is 1. The van der Waals surface area contributed by atoms with Gasteiger partial charge in [-0.15, -0.1) is 0 Å². The zero-order valence-corrected chi connectivity index (χ0v) is 35.0. The van der Waals surface area contributed by atoms with Crippen molar-refractivity contribution < 1.29 is 118 Å². The largest absolute Gasteiger partial charge is 0.454 e. The fourth-order valence-corrected chi connectivity index (χ4v) is 7.87. The van der Waals surface area contributed by atoms with E-state index in [1.165, 1.54) is 20.8 Å². The van der Waals surface area contributed by atoms with Crippen LogP contribution in [0.3, 0.4) is 0 Å². The molecule has 12 N–H and O–H groups in total. The second-order valence-corrected chi connectivity index (χ2v) is 16.1. The van der Waals surface area contributed by atoms with Crippen molar-refractivity contribution >= 4 is 11.9 Å². The van der Waals surface area contributed by atoms with Crippen molar-refractivity contribution in [2.24, 2.45) is 0 Å². The van der Waals surface area contributed by atoms with E-state index in [-0.39, 0.29) is 6.61 Å². The summed E-state index contributed by atoms with van der Waals surface area (Å²) in [5.74, 6) is -1.68. The second kappa shape index (κ2) is 22.1. The van der Waals surface area contributed by atoms with Crippen molar-refractivity contribution in [3.8, 4) is 0 Å². The molecule has 5 saturated heterocycles. The van der Waals surface area contributed by atoms with Crippen molar-refractivity contribution in [3.05, 3.63) is 0 Å². The van der Waals surface area contributed by atoms with Gasteiger partial charge in [0.1, 0.15) is 97.6 Å². The summed E-state index contributed by atoms with van der Waals surface area (Å²) in [4.78, 5) is 24.9. The van der Waals surface area contributed by atoms with E-state index >= 15 is 0 Å². The van der Waals surface area contributed by atoms with Crippen LogP contribution in [-0.4, -0.2) is 241 Å². The quantitative estimate of drug-likeness (QED) is 0.0680. The summed E-state index contributed by atoms with van der Waals surface area (Å²) in [5.41, 5.74) is 0. The van der Waals surface area contributed by atoms with Crippen LogP contribution in [0.25, 0.3) is 0 Å². The normalized spacial score (nSPS) is 49.0. The van der Waals surface area contributed by atoms with Crippen LogP contribution in [-0.2, 0) is 61.7 Å². The van der Waals surface area contributed by atoms with Gasteiger partial charge in [0, 0.05) is 20.5 Å². The third kappa shape index (κ3) is 11.2. The molecule has 0 saturated carbocycles.